The zero-order chi connectivity index (χ0) is 18.7. The Morgan fingerprint density at radius 3 is 2.15 bits per heavy atom. The minimum absolute atomic E-state index is 0.00912. The van der Waals surface area contributed by atoms with E-state index in [2.05, 4.69) is 0 Å². The maximum Gasteiger partial charge on any atom is 0.422 e. The van der Waals surface area contributed by atoms with Crippen LogP contribution in [0.25, 0.3) is 6.08 Å². The molecule has 1 saturated carbocycles. The fourth-order valence-corrected chi connectivity index (χ4v) is 3.47. The number of methoxy groups -OCH3 is 3. The molecule has 0 bridgehead atoms. The van der Waals surface area contributed by atoms with E-state index >= 15 is 0 Å². The normalized spacial score (nSPS) is 19.7. The number of ether oxygens (including phenoxy) is 4. The predicted octanol–water partition coefficient (Wildman–Crippen LogP) is 3.36. The zero-order valence-electron chi connectivity index (χ0n) is 15.2. The average Bonchev–Trinajstić information content (AvgIpc) is 2.94. The van der Waals surface area contributed by atoms with Crippen LogP contribution in [0.4, 0.5) is 4.79 Å². The van der Waals surface area contributed by atoms with Crippen LogP contribution >= 0.6 is 0 Å². The Morgan fingerprint density at radius 1 is 1.00 bits per heavy atom. The maximum absolute atomic E-state index is 12.7. The first-order valence-electron chi connectivity index (χ1n) is 8.66. The number of carbonyl (C=O) groups is 2. The van der Waals surface area contributed by atoms with Crippen molar-refractivity contribution < 1.29 is 28.5 Å². The lowest BCUT2D eigenvalue weighted by Gasteiger charge is -2.27. The van der Waals surface area contributed by atoms with Crippen LogP contribution in [-0.4, -0.2) is 44.3 Å². The van der Waals surface area contributed by atoms with Crippen molar-refractivity contribution in [3.63, 3.8) is 0 Å². The smallest absolute Gasteiger partial charge is 0.422 e. The van der Waals surface area contributed by atoms with Crippen LogP contribution < -0.4 is 14.2 Å². The first-order valence-corrected chi connectivity index (χ1v) is 8.66. The van der Waals surface area contributed by atoms with Gasteiger partial charge in [-0.3, -0.25) is 4.79 Å². The van der Waals surface area contributed by atoms with Crippen molar-refractivity contribution in [3.05, 3.63) is 23.5 Å². The van der Waals surface area contributed by atoms with Gasteiger partial charge in [0.1, 0.15) is 0 Å². The van der Waals surface area contributed by atoms with Gasteiger partial charge in [0.05, 0.1) is 21.3 Å². The summed E-state index contributed by atoms with van der Waals surface area (Å²) >= 11 is 0. The average molecular weight is 361 g/mol. The van der Waals surface area contributed by atoms with E-state index < -0.39 is 12.0 Å². The topological polar surface area (TPSA) is 74.3 Å². The van der Waals surface area contributed by atoms with Crippen LogP contribution in [0.3, 0.4) is 0 Å². The van der Waals surface area contributed by atoms with E-state index in [1.807, 2.05) is 0 Å². The van der Waals surface area contributed by atoms with Crippen molar-refractivity contribution in [1.29, 1.82) is 0 Å². The first kappa shape index (κ1) is 18.1. The number of hydrogen-bond acceptors (Lipinski definition) is 6. The van der Waals surface area contributed by atoms with Crippen LogP contribution in [0.5, 0.6) is 17.2 Å². The van der Waals surface area contributed by atoms with Gasteiger partial charge in [0.25, 0.3) is 5.91 Å². The molecule has 3 rings (SSSR count). The van der Waals surface area contributed by atoms with E-state index in [4.69, 9.17) is 18.9 Å². The summed E-state index contributed by atoms with van der Waals surface area (Å²) in [6.07, 6.45) is 5.77. The number of benzene rings is 1. The summed E-state index contributed by atoms with van der Waals surface area (Å²) in [4.78, 5) is 26.1. The summed E-state index contributed by atoms with van der Waals surface area (Å²) < 4.78 is 21.1. The predicted molar refractivity (Wildman–Crippen MR) is 94.3 cm³/mol. The molecule has 0 atom stereocenters. The van der Waals surface area contributed by atoms with Gasteiger partial charge in [0, 0.05) is 6.04 Å². The van der Waals surface area contributed by atoms with E-state index in [0.717, 1.165) is 32.1 Å². The third-order valence-corrected chi connectivity index (χ3v) is 4.75. The van der Waals surface area contributed by atoms with Crippen molar-refractivity contribution in [2.75, 3.05) is 21.3 Å². The third-order valence-electron chi connectivity index (χ3n) is 4.75. The van der Waals surface area contributed by atoms with E-state index in [1.54, 1.807) is 12.1 Å². The molecule has 26 heavy (non-hydrogen) atoms. The Hall–Kier alpha value is -2.70. The molecule has 2 aliphatic rings. The molecule has 1 aliphatic heterocycles. The monoisotopic (exact) mass is 361 g/mol. The number of amides is 2. The number of carbonyl (C=O) groups excluding carboxylic acids is 2. The molecule has 1 aromatic carbocycles. The third kappa shape index (κ3) is 3.34. The van der Waals surface area contributed by atoms with Gasteiger partial charge in [-0.2, -0.15) is 0 Å². The second-order valence-electron chi connectivity index (χ2n) is 6.30. The summed E-state index contributed by atoms with van der Waals surface area (Å²) in [6.45, 7) is 0. The van der Waals surface area contributed by atoms with Gasteiger partial charge in [-0.25, -0.2) is 9.69 Å². The highest BCUT2D eigenvalue weighted by Gasteiger charge is 2.41. The SMILES string of the molecule is COc1cc(/C=C2/OC(=O)N(C3CCCCC3)C2=O)cc(OC)c1OC. The van der Waals surface area contributed by atoms with Crippen LogP contribution in [0.2, 0.25) is 0 Å². The Labute approximate surface area is 152 Å². The Bertz CT molecular complexity index is 711. The van der Waals surface area contributed by atoms with Crippen molar-refractivity contribution in [3.8, 4) is 17.2 Å². The molecular weight excluding hydrogens is 338 g/mol. The molecule has 1 aliphatic carbocycles. The fourth-order valence-electron chi connectivity index (χ4n) is 3.47. The van der Waals surface area contributed by atoms with Crippen molar-refractivity contribution in [2.24, 2.45) is 0 Å². The molecule has 1 heterocycles. The van der Waals surface area contributed by atoms with Crippen LogP contribution in [0.1, 0.15) is 37.7 Å². The molecular formula is C19H23NO6. The highest BCUT2D eigenvalue weighted by atomic mass is 16.6. The first-order chi connectivity index (χ1) is 12.6. The molecule has 2 fully saturated rings. The summed E-state index contributed by atoms with van der Waals surface area (Å²) in [5.41, 5.74) is 0.612. The minimum atomic E-state index is -0.597. The summed E-state index contributed by atoms with van der Waals surface area (Å²) in [5.74, 6) is 0.987. The van der Waals surface area contributed by atoms with Gasteiger partial charge in [0.2, 0.25) is 5.75 Å². The van der Waals surface area contributed by atoms with Crippen LogP contribution in [0, 0.1) is 0 Å². The summed E-state index contributed by atoms with van der Waals surface area (Å²) in [7, 11) is 4.54. The lowest BCUT2D eigenvalue weighted by atomic mass is 9.94. The van der Waals surface area contributed by atoms with Gasteiger partial charge >= 0.3 is 6.09 Å². The van der Waals surface area contributed by atoms with E-state index in [-0.39, 0.29) is 11.8 Å². The quantitative estimate of drug-likeness (QED) is 0.749. The van der Waals surface area contributed by atoms with Crippen molar-refractivity contribution >= 4 is 18.1 Å². The molecule has 7 nitrogen and oxygen atoms in total. The van der Waals surface area contributed by atoms with Gasteiger partial charge in [-0.05, 0) is 36.6 Å². The second-order valence-corrected chi connectivity index (χ2v) is 6.30. The second kappa shape index (κ2) is 7.68. The van der Waals surface area contributed by atoms with Gasteiger partial charge in [0.15, 0.2) is 17.3 Å². The van der Waals surface area contributed by atoms with Crippen LogP contribution in [-0.2, 0) is 9.53 Å². The molecule has 0 N–H and O–H groups in total. The minimum Gasteiger partial charge on any atom is -0.493 e. The fraction of sp³-hybridized carbons (Fsp3) is 0.474. The van der Waals surface area contributed by atoms with Crippen molar-refractivity contribution in [1.82, 2.24) is 4.90 Å². The largest absolute Gasteiger partial charge is 0.493 e. The number of hydrogen-bond donors (Lipinski definition) is 0. The van der Waals surface area contributed by atoms with E-state index in [9.17, 15) is 9.59 Å². The summed E-state index contributed by atoms with van der Waals surface area (Å²) in [5, 5.41) is 0. The van der Waals surface area contributed by atoms with E-state index in [1.165, 1.54) is 32.3 Å². The molecule has 1 saturated heterocycles. The molecule has 0 aromatic heterocycles. The van der Waals surface area contributed by atoms with Crippen molar-refractivity contribution in [2.45, 2.75) is 38.1 Å². The zero-order valence-corrected chi connectivity index (χ0v) is 15.2. The number of rotatable bonds is 5. The molecule has 0 spiro atoms. The molecule has 2 amide bonds. The lowest BCUT2D eigenvalue weighted by Crippen LogP contribution is -2.40. The Morgan fingerprint density at radius 2 is 1.62 bits per heavy atom. The van der Waals surface area contributed by atoms with Gasteiger partial charge in [-0.1, -0.05) is 19.3 Å². The molecule has 7 heteroatoms. The highest BCUT2D eigenvalue weighted by Crippen LogP contribution is 2.39. The molecule has 0 unspecified atom stereocenters. The Kier molecular flexibility index (Phi) is 5.35. The molecule has 1 aromatic rings. The molecule has 140 valence electrons. The number of nitrogens with zero attached hydrogens (tertiary/aromatic N) is 1. The number of imide groups is 1. The van der Waals surface area contributed by atoms with Gasteiger partial charge in [-0.15, -0.1) is 0 Å². The van der Waals surface area contributed by atoms with Crippen LogP contribution in [0.15, 0.2) is 17.9 Å². The number of cyclic esters (lactones) is 1. The van der Waals surface area contributed by atoms with E-state index in [0.29, 0.717) is 22.8 Å². The Balaban J connectivity index is 1.90. The lowest BCUT2D eigenvalue weighted by molar-refractivity contribution is -0.125. The standard InChI is InChI=1S/C19H23NO6/c1-23-14-9-12(10-15(24-2)17(14)25-3)11-16-18(21)20(19(22)26-16)13-7-5-4-6-8-13/h9-11,13H,4-8H2,1-3H3/b16-11+. The highest BCUT2D eigenvalue weighted by molar-refractivity contribution is 6.10. The maximum atomic E-state index is 12.7. The molecule has 0 radical (unpaired) electrons. The van der Waals surface area contributed by atoms with Gasteiger partial charge < -0.3 is 18.9 Å². The summed E-state index contributed by atoms with van der Waals surface area (Å²) in [6, 6.07) is 3.31.